The van der Waals surface area contributed by atoms with Crippen LogP contribution in [0.2, 0.25) is 5.02 Å². The summed E-state index contributed by atoms with van der Waals surface area (Å²) >= 11 is 6.02. The predicted molar refractivity (Wildman–Crippen MR) is 138 cm³/mol. The van der Waals surface area contributed by atoms with E-state index in [-0.39, 0.29) is 42.9 Å². The fourth-order valence-electron chi connectivity index (χ4n) is 3.95. The average Bonchev–Trinajstić information content (AvgIpc) is 3.37. The summed E-state index contributed by atoms with van der Waals surface area (Å²) in [5, 5.41) is 4.03. The van der Waals surface area contributed by atoms with E-state index in [1.807, 2.05) is 26.0 Å². The van der Waals surface area contributed by atoms with E-state index in [9.17, 15) is 14.0 Å². The Balaban J connectivity index is 1.84. The standard InChI is InChI=1S/C27H28ClFN4O4/c1-4-36-27(35)23(32-33-30)12-18(13-25(34)26-31-24(15-37-26)16(2)3)11-17-5-7-19(8-6-17)21-14-20(28)9-10-22(21)29/h5-10,14-16,18,23H,4,11-13H2,1-3H3/t18-,23-/m1/s1. The number of Topliss-reactive ketones (excluding diaryl/α,β-unsaturated/α-hetero) is 1. The molecule has 0 bridgehead atoms. The highest BCUT2D eigenvalue weighted by Gasteiger charge is 2.27. The average molecular weight is 527 g/mol. The Morgan fingerprint density at radius 1 is 1.22 bits per heavy atom. The van der Waals surface area contributed by atoms with Crippen LogP contribution in [0.25, 0.3) is 21.6 Å². The molecule has 0 unspecified atom stereocenters. The highest BCUT2D eigenvalue weighted by atomic mass is 35.5. The van der Waals surface area contributed by atoms with Crippen LogP contribution in [-0.4, -0.2) is 29.4 Å². The van der Waals surface area contributed by atoms with Crippen LogP contribution < -0.4 is 0 Å². The topological polar surface area (TPSA) is 118 Å². The number of nitrogens with zero attached hydrogens (tertiary/aromatic N) is 4. The minimum Gasteiger partial charge on any atom is -0.466 e. The number of hydrogen-bond donors (Lipinski definition) is 0. The molecule has 0 saturated carbocycles. The number of halogens is 2. The zero-order valence-corrected chi connectivity index (χ0v) is 21.6. The van der Waals surface area contributed by atoms with Crippen LogP contribution in [-0.2, 0) is 16.0 Å². The molecule has 0 radical (unpaired) electrons. The Morgan fingerprint density at radius 3 is 2.57 bits per heavy atom. The van der Waals surface area contributed by atoms with Gasteiger partial charge in [-0.1, -0.05) is 54.8 Å². The highest BCUT2D eigenvalue weighted by Crippen LogP contribution is 2.28. The molecule has 0 aliphatic rings. The lowest BCUT2D eigenvalue weighted by molar-refractivity contribution is -0.145. The Labute approximate surface area is 219 Å². The van der Waals surface area contributed by atoms with Gasteiger partial charge in [0, 0.05) is 21.9 Å². The number of azide groups is 1. The van der Waals surface area contributed by atoms with Crippen molar-refractivity contribution in [2.75, 3.05) is 6.61 Å². The van der Waals surface area contributed by atoms with E-state index in [0.29, 0.717) is 28.3 Å². The zero-order valence-electron chi connectivity index (χ0n) is 20.9. The van der Waals surface area contributed by atoms with Gasteiger partial charge >= 0.3 is 5.97 Å². The van der Waals surface area contributed by atoms with Gasteiger partial charge in [0.1, 0.15) is 18.1 Å². The van der Waals surface area contributed by atoms with Crippen molar-refractivity contribution in [1.29, 1.82) is 0 Å². The van der Waals surface area contributed by atoms with Crippen molar-refractivity contribution in [3.05, 3.63) is 87.2 Å². The molecule has 37 heavy (non-hydrogen) atoms. The second kappa shape index (κ2) is 13.0. The van der Waals surface area contributed by atoms with Crippen LogP contribution in [0.3, 0.4) is 0 Å². The van der Waals surface area contributed by atoms with E-state index in [1.165, 1.54) is 18.4 Å². The smallest absolute Gasteiger partial charge is 0.314 e. The first-order valence-corrected chi connectivity index (χ1v) is 12.3. The normalized spacial score (nSPS) is 12.6. The molecule has 3 rings (SSSR count). The summed E-state index contributed by atoms with van der Waals surface area (Å²) in [5.74, 6) is -1.66. The van der Waals surface area contributed by atoms with Gasteiger partial charge in [0.05, 0.1) is 12.3 Å². The molecule has 8 nitrogen and oxygen atoms in total. The Bertz CT molecular complexity index is 1290. The molecule has 0 N–H and O–H groups in total. The lowest BCUT2D eigenvalue weighted by Gasteiger charge is -2.19. The van der Waals surface area contributed by atoms with Gasteiger partial charge in [-0.25, -0.2) is 9.37 Å². The minimum atomic E-state index is -1.08. The lowest BCUT2D eigenvalue weighted by atomic mass is 9.88. The molecule has 0 fully saturated rings. The van der Waals surface area contributed by atoms with Crippen LogP contribution in [0.1, 0.15) is 61.5 Å². The number of rotatable bonds is 12. The summed E-state index contributed by atoms with van der Waals surface area (Å²) in [4.78, 5) is 32.4. The van der Waals surface area contributed by atoms with Gasteiger partial charge in [-0.05, 0) is 66.5 Å². The first kappa shape index (κ1) is 27.9. The SMILES string of the molecule is CCOC(=O)[C@@H](C[C@H](CC(=O)c1nc(C(C)C)co1)Cc1ccc(-c2cc(Cl)ccc2F)cc1)N=[N+]=[N-]. The van der Waals surface area contributed by atoms with E-state index in [2.05, 4.69) is 15.0 Å². The van der Waals surface area contributed by atoms with Crippen LogP contribution in [0.15, 0.2) is 58.3 Å². The van der Waals surface area contributed by atoms with E-state index >= 15 is 0 Å². The molecule has 0 saturated heterocycles. The summed E-state index contributed by atoms with van der Waals surface area (Å²) in [7, 11) is 0. The van der Waals surface area contributed by atoms with Crippen molar-refractivity contribution >= 4 is 23.4 Å². The molecule has 194 valence electrons. The van der Waals surface area contributed by atoms with Crippen molar-refractivity contribution in [2.24, 2.45) is 11.0 Å². The number of hydrogen-bond acceptors (Lipinski definition) is 6. The third kappa shape index (κ3) is 7.65. The van der Waals surface area contributed by atoms with Gasteiger partial charge in [-0.2, -0.15) is 0 Å². The number of ketones is 1. The summed E-state index contributed by atoms with van der Waals surface area (Å²) in [6.07, 6.45) is 1.96. The Kier molecular flexibility index (Phi) is 9.83. The molecule has 0 aliphatic carbocycles. The third-order valence-electron chi connectivity index (χ3n) is 5.85. The summed E-state index contributed by atoms with van der Waals surface area (Å²) < 4.78 is 24.7. The first-order valence-electron chi connectivity index (χ1n) is 12.0. The number of ether oxygens (including phenoxy) is 1. The molecule has 2 atom stereocenters. The summed E-state index contributed by atoms with van der Waals surface area (Å²) in [5.41, 5.74) is 11.5. The maximum atomic E-state index is 14.3. The van der Waals surface area contributed by atoms with Gasteiger partial charge in [0.2, 0.25) is 5.78 Å². The third-order valence-corrected chi connectivity index (χ3v) is 6.09. The lowest BCUT2D eigenvalue weighted by Crippen LogP contribution is -2.26. The van der Waals surface area contributed by atoms with Crippen molar-refractivity contribution in [3.63, 3.8) is 0 Å². The second-order valence-corrected chi connectivity index (χ2v) is 9.40. The fourth-order valence-corrected chi connectivity index (χ4v) is 4.12. The number of esters is 1. The van der Waals surface area contributed by atoms with Gasteiger partial charge in [0.15, 0.2) is 0 Å². The number of carbonyl (C=O) groups is 2. The molecule has 0 amide bonds. The Hall–Kier alpha value is -3.68. The number of benzene rings is 2. The second-order valence-electron chi connectivity index (χ2n) is 8.96. The largest absolute Gasteiger partial charge is 0.466 e. The predicted octanol–water partition coefficient (Wildman–Crippen LogP) is 7.32. The first-order chi connectivity index (χ1) is 17.7. The van der Waals surface area contributed by atoms with Crippen molar-refractivity contribution < 1.29 is 23.1 Å². The summed E-state index contributed by atoms with van der Waals surface area (Å²) in [6.45, 7) is 5.68. The maximum absolute atomic E-state index is 14.3. The van der Waals surface area contributed by atoms with Crippen molar-refractivity contribution in [1.82, 2.24) is 4.98 Å². The molecular formula is C27H28ClFN4O4. The van der Waals surface area contributed by atoms with Crippen molar-refractivity contribution in [3.8, 4) is 11.1 Å². The van der Waals surface area contributed by atoms with Gasteiger partial charge < -0.3 is 9.15 Å². The molecule has 1 heterocycles. The fraction of sp³-hybridized carbons (Fsp3) is 0.370. The summed E-state index contributed by atoms with van der Waals surface area (Å²) in [6, 6.07) is 10.4. The van der Waals surface area contributed by atoms with Crippen LogP contribution in [0, 0.1) is 11.7 Å². The van der Waals surface area contributed by atoms with E-state index < -0.39 is 17.9 Å². The quantitative estimate of drug-likeness (QED) is 0.0804. The number of aromatic nitrogens is 1. The molecule has 2 aromatic carbocycles. The van der Waals surface area contributed by atoms with Crippen molar-refractivity contribution in [2.45, 2.75) is 52.0 Å². The van der Waals surface area contributed by atoms with Gasteiger partial charge in [-0.3, -0.25) is 9.59 Å². The highest BCUT2D eigenvalue weighted by molar-refractivity contribution is 6.30. The molecule has 3 aromatic rings. The maximum Gasteiger partial charge on any atom is 0.314 e. The zero-order chi connectivity index (χ0) is 26.9. The number of carbonyl (C=O) groups excluding carboxylic acids is 2. The van der Waals surface area contributed by atoms with Crippen LogP contribution >= 0.6 is 11.6 Å². The molecule has 1 aromatic heterocycles. The molecule has 0 aliphatic heterocycles. The monoisotopic (exact) mass is 526 g/mol. The molecule has 10 heteroatoms. The van der Waals surface area contributed by atoms with Crippen LogP contribution in [0.5, 0.6) is 0 Å². The van der Waals surface area contributed by atoms with E-state index in [0.717, 1.165) is 5.56 Å². The minimum absolute atomic E-state index is 0.00283. The van der Waals surface area contributed by atoms with E-state index in [4.69, 9.17) is 26.3 Å². The van der Waals surface area contributed by atoms with Gasteiger partial charge in [-0.15, -0.1) is 0 Å². The Morgan fingerprint density at radius 2 is 1.95 bits per heavy atom. The number of oxazole rings is 1. The molecular weight excluding hydrogens is 499 g/mol. The van der Waals surface area contributed by atoms with Crippen LogP contribution in [0.4, 0.5) is 4.39 Å². The molecule has 0 spiro atoms. The van der Waals surface area contributed by atoms with E-state index in [1.54, 1.807) is 25.1 Å². The van der Waals surface area contributed by atoms with Gasteiger partial charge in [0.25, 0.3) is 5.89 Å².